The maximum Gasteiger partial charge on any atom is 0.186 e. The Bertz CT molecular complexity index is 1160. The third-order valence-electron chi connectivity index (χ3n) is 14.6. The molecule has 6 aliphatic rings. The molecule has 0 unspecified atom stereocenters. The Balaban J connectivity index is 1.12. The zero-order valence-electron chi connectivity index (χ0n) is 30.3. The highest BCUT2D eigenvalue weighted by Gasteiger charge is 2.71. The van der Waals surface area contributed by atoms with Crippen molar-refractivity contribution < 1.29 is 64.9 Å². The zero-order valence-corrected chi connectivity index (χ0v) is 30.3. The van der Waals surface area contributed by atoms with Crippen molar-refractivity contribution in [3.05, 3.63) is 0 Å². The summed E-state index contributed by atoms with van der Waals surface area (Å²) in [6, 6.07) is 0. The molecule has 2 aliphatic heterocycles. The van der Waals surface area contributed by atoms with E-state index in [2.05, 4.69) is 20.8 Å². The average molecular weight is 717 g/mol. The molecule has 290 valence electrons. The van der Waals surface area contributed by atoms with Crippen molar-refractivity contribution in [1.82, 2.24) is 0 Å². The lowest BCUT2D eigenvalue weighted by molar-refractivity contribution is -0.300. The molecule has 0 radical (unpaired) electrons. The van der Waals surface area contributed by atoms with Crippen molar-refractivity contribution >= 4 is 0 Å². The van der Waals surface area contributed by atoms with Crippen LogP contribution in [0.25, 0.3) is 0 Å². The predicted octanol–water partition coefficient (Wildman–Crippen LogP) is 0.423. The molecule has 6 rings (SSSR count). The Morgan fingerprint density at radius 1 is 0.700 bits per heavy atom. The summed E-state index contributed by atoms with van der Waals surface area (Å²) >= 11 is 0. The number of rotatable bonds is 9. The highest BCUT2D eigenvalue weighted by atomic mass is 16.7. The highest BCUT2D eigenvalue weighted by molar-refractivity contribution is 5.20. The minimum Gasteiger partial charge on any atom is -0.393 e. The molecule has 0 spiro atoms. The summed E-state index contributed by atoms with van der Waals surface area (Å²) in [4.78, 5) is 0. The molecule has 0 aromatic heterocycles. The normalized spacial score (nSPS) is 53.7. The highest BCUT2D eigenvalue weighted by Crippen LogP contribution is 2.70. The summed E-state index contributed by atoms with van der Waals surface area (Å²) < 4.78 is 23.3. The summed E-state index contributed by atoms with van der Waals surface area (Å²) in [5, 5.41) is 97.1. The third kappa shape index (κ3) is 6.73. The molecule has 9 N–H and O–H groups in total. The van der Waals surface area contributed by atoms with Crippen LogP contribution in [0.5, 0.6) is 0 Å². The average Bonchev–Trinajstić information content (AvgIpc) is 3.34. The first-order valence-electron chi connectivity index (χ1n) is 19.1. The van der Waals surface area contributed by atoms with Gasteiger partial charge in [-0.05, 0) is 91.8 Å². The maximum atomic E-state index is 12.8. The standard InChI is InChI=1S/C37H64O13/c1-17(2)26(50-34-31(45)29(43)25(41)16-48-34)7-6-18(3)20-13-22(38)32-36(20,5)11-9-27-35(4)10-8-19(12-21(35)23(39)14-37(27,32)46)49-33-30(44)28(42)24(40)15-47-33/h17-34,38-46H,6-16H2,1-5H3/t18-,19+,20-,21-,22-,23+,24-,25-,26+,27-,28+,29+,30-,31-,32-,33+,34+,35+,36-,37+/m1/s1. The van der Waals surface area contributed by atoms with E-state index in [0.29, 0.717) is 32.1 Å². The predicted molar refractivity (Wildman–Crippen MR) is 178 cm³/mol. The summed E-state index contributed by atoms with van der Waals surface area (Å²) in [7, 11) is 0. The Kier molecular flexibility index (Phi) is 11.5. The second-order valence-corrected chi connectivity index (χ2v) is 17.9. The molecule has 13 nitrogen and oxygen atoms in total. The molecule has 2 heterocycles. The van der Waals surface area contributed by atoms with Gasteiger partial charge in [0, 0.05) is 12.3 Å². The first kappa shape index (κ1) is 39.2. The summed E-state index contributed by atoms with van der Waals surface area (Å²) in [5.41, 5.74) is -1.98. The molecule has 0 aromatic carbocycles. The quantitative estimate of drug-likeness (QED) is 0.148. The Hall–Kier alpha value is -0.520. The molecule has 0 aromatic rings. The first-order chi connectivity index (χ1) is 23.4. The molecule has 0 amide bonds. The van der Waals surface area contributed by atoms with Gasteiger partial charge in [-0.2, -0.15) is 0 Å². The van der Waals surface area contributed by atoms with E-state index in [0.717, 1.165) is 19.3 Å². The Morgan fingerprint density at radius 2 is 1.30 bits per heavy atom. The van der Waals surface area contributed by atoms with Crippen molar-refractivity contribution in [1.29, 1.82) is 0 Å². The van der Waals surface area contributed by atoms with Crippen LogP contribution < -0.4 is 0 Å². The van der Waals surface area contributed by atoms with Crippen LogP contribution in [0.15, 0.2) is 0 Å². The number of hydrogen-bond donors (Lipinski definition) is 9. The second-order valence-electron chi connectivity index (χ2n) is 17.9. The zero-order chi connectivity index (χ0) is 36.5. The largest absolute Gasteiger partial charge is 0.393 e. The van der Waals surface area contributed by atoms with Gasteiger partial charge in [0.1, 0.15) is 36.6 Å². The minimum absolute atomic E-state index is 0.105. The van der Waals surface area contributed by atoms with Crippen molar-refractivity contribution in [3.8, 4) is 0 Å². The van der Waals surface area contributed by atoms with Crippen molar-refractivity contribution in [2.24, 2.45) is 46.3 Å². The van der Waals surface area contributed by atoms with Gasteiger partial charge in [-0.15, -0.1) is 0 Å². The monoisotopic (exact) mass is 716 g/mol. The SMILES string of the molecule is CC(C)[C@H](CC[C@@H](C)[C@H]1C[C@@H](O)[C@@H]2[C@]1(C)CC[C@@H]1[C@@]3(C)CC[C@H](O[C@@H]4OC[C@@H](O)[C@H](O)[C@H]4O)C[C@@H]3[C@@H](O)C[C@]12O)O[C@@H]1OC[C@@H](O)[C@H](O)[C@H]1O. The maximum absolute atomic E-state index is 12.8. The molecule has 13 heteroatoms. The van der Waals surface area contributed by atoms with Crippen molar-refractivity contribution in [2.75, 3.05) is 13.2 Å². The minimum atomic E-state index is -1.38. The van der Waals surface area contributed by atoms with E-state index in [1.54, 1.807) is 0 Å². The van der Waals surface area contributed by atoms with Gasteiger partial charge in [-0.1, -0.05) is 34.6 Å². The van der Waals surface area contributed by atoms with Gasteiger partial charge in [0.25, 0.3) is 0 Å². The van der Waals surface area contributed by atoms with Gasteiger partial charge in [-0.3, -0.25) is 0 Å². The first-order valence-corrected chi connectivity index (χ1v) is 19.1. The topological polar surface area (TPSA) is 219 Å². The van der Waals surface area contributed by atoms with Crippen molar-refractivity contribution in [2.45, 2.75) is 172 Å². The Morgan fingerprint density at radius 3 is 1.94 bits per heavy atom. The number of aliphatic hydroxyl groups excluding tert-OH is 8. The fourth-order valence-electron chi connectivity index (χ4n) is 11.9. The van der Waals surface area contributed by atoms with E-state index in [-0.39, 0.29) is 66.8 Å². The van der Waals surface area contributed by atoms with E-state index in [1.807, 2.05) is 13.8 Å². The van der Waals surface area contributed by atoms with Gasteiger partial charge >= 0.3 is 0 Å². The van der Waals surface area contributed by atoms with Crippen LogP contribution >= 0.6 is 0 Å². The van der Waals surface area contributed by atoms with Gasteiger partial charge in [0.05, 0.1) is 43.2 Å². The van der Waals surface area contributed by atoms with Crippen LogP contribution in [0.2, 0.25) is 0 Å². The lowest BCUT2D eigenvalue weighted by atomic mass is 9.42. The molecule has 4 aliphatic carbocycles. The van der Waals surface area contributed by atoms with Crippen LogP contribution in [0, 0.1) is 46.3 Å². The third-order valence-corrected chi connectivity index (χ3v) is 14.6. The molecule has 2 saturated heterocycles. The smallest absolute Gasteiger partial charge is 0.186 e. The van der Waals surface area contributed by atoms with E-state index < -0.39 is 78.3 Å². The second kappa shape index (κ2) is 14.6. The number of aliphatic hydroxyl groups is 9. The molecule has 20 atom stereocenters. The summed E-state index contributed by atoms with van der Waals surface area (Å²) in [6.45, 7) is 10.4. The van der Waals surface area contributed by atoms with E-state index in [1.165, 1.54) is 0 Å². The van der Waals surface area contributed by atoms with E-state index in [4.69, 9.17) is 18.9 Å². The van der Waals surface area contributed by atoms with Crippen LogP contribution in [0.3, 0.4) is 0 Å². The molecule has 6 fully saturated rings. The van der Waals surface area contributed by atoms with Crippen LogP contribution in [-0.2, 0) is 18.9 Å². The molecular weight excluding hydrogens is 652 g/mol. The van der Waals surface area contributed by atoms with Crippen LogP contribution in [0.4, 0.5) is 0 Å². The van der Waals surface area contributed by atoms with Crippen LogP contribution in [0.1, 0.15) is 92.4 Å². The Labute approximate surface area is 295 Å². The van der Waals surface area contributed by atoms with E-state index in [9.17, 15) is 46.0 Å². The fourth-order valence-corrected chi connectivity index (χ4v) is 11.9. The molecule has 0 bridgehead atoms. The molecular formula is C37H64O13. The number of fused-ring (bicyclic) bond motifs is 5. The van der Waals surface area contributed by atoms with Gasteiger partial charge in [-0.25, -0.2) is 0 Å². The lowest BCUT2D eigenvalue weighted by Crippen LogP contribution is -2.68. The van der Waals surface area contributed by atoms with Gasteiger partial charge < -0.3 is 64.9 Å². The number of ether oxygens (including phenoxy) is 4. The number of hydrogen-bond acceptors (Lipinski definition) is 13. The van der Waals surface area contributed by atoms with Gasteiger partial charge in [0.15, 0.2) is 12.6 Å². The summed E-state index contributed by atoms with van der Waals surface area (Å²) in [5.74, 6) is -0.240. The summed E-state index contributed by atoms with van der Waals surface area (Å²) in [6.07, 6.45) is -6.33. The fraction of sp³-hybridized carbons (Fsp3) is 1.00. The van der Waals surface area contributed by atoms with Gasteiger partial charge in [0.2, 0.25) is 0 Å². The lowest BCUT2D eigenvalue weighted by Gasteiger charge is -2.66. The molecule has 50 heavy (non-hydrogen) atoms. The van der Waals surface area contributed by atoms with E-state index >= 15 is 0 Å². The molecule has 4 saturated carbocycles. The van der Waals surface area contributed by atoms with Crippen LogP contribution in [-0.4, -0.2) is 138 Å². The van der Waals surface area contributed by atoms with Crippen molar-refractivity contribution in [3.63, 3.8) is 0 Å².